The fraction of sp³-hybridized carbons (Fsp3) is 0.300. The van der Waals surface area contributed by atoms with Crippen molar-refractivity contribution in [3.05, 3.63) is 71.4 Å². The number of aromatic nitrogens is 1. The molecule has 0 unspecified atom stereocenters. The first-order valence-corrected chi connectivity index (χ1v) is 12.8. The molecule has 0 atom stereocenters. The molecule has 0 spiro atoms. The minimum absolute atomic E-state index is 0.0301. The highest BCUT2D eigenvalue weighted by molar-refractivity contribution is 6.12. The van der Waals surface area contributed by atoms with Crippen LogP contribution in [0.5, 0.6) is 0 Å². The smallest absolute Gasteiger partial charge is 0.337 e. The molecule has 1 aromatic heterocycles. The van der Waals surface area contributed by atoms with E-state index >= 15 is 0 Å². The zero-order chi connectivity index (χ0) is 28.5. The summed E-state index contributed by atoms with van der Waals surface area (Å²) in [5.74, 6) is -2.23. The lowest BCUT2D eigenvalue weighted by Gasteiger charge is -2.11. The number of carbonyl (C=O) groups excluding carboxylic acids is 2. The molecule has 0 fully saturated rings. The highest BCUT2D eigenvalue weighted by atomic mass is 16.7. The van der Waals surface area contributed by atoms with Crippen LogP contribution in [-0.4, -0.2) is 39.0 Å². The highest BCUT2D eigenvalue weighted by Gasteiger charge is 2.20. The van der Waals surface area contributed by atoms with Gasteiger partial charge in [0.25, 0.3) is 0 Å². The minimum Gasteiger partial charge on any atom is -0.478 e. The number of carboxylic acid groups (broad SMARTS) is 1. The van der Waals surface area contributed by atoms with Crippen LogP contribution in [0, 0.1) is 0 Å². The molecule has 0 amide bonds. The fourth-order valence-corrected chi connectivity index (χ4v) is 4.20. The minimum atomic E-state index is -1.13. The Bertz CT molecular complexity index is 1460. The van der Waals surface area contributed by atoms with Crippen molar-refractivity contribution < 1.29 is 29.2 Å². The summed E-state index contributed by atoms with van der Waals surface area (Å²) in [7, 11) is 0. The van der Waals surface area contributed by atoms with Crippen LogP contribution in [0.1, 0.15) is 86.8 Å². The maximum absolute atomic E-state index is 12.4. The van der Waals surface area contributed by atoms with Crippen molar-refractivity contribution in [2.45, 2.75) is 59.8 Å². The molecule has 0 radical (unpaired) electrons. The van der Waals surface area contributed by atoms with E-state index in [1.165, 1.54) is 19.9 Å². The van der Waals surface area contributed by atoms with Crippen LogP contribution in [0.3, 0.4) is 0 Å². The van der Waals surface area contributed by atoms with Crippen LogP contribution in [0.15, 0.2) is 59.5 Å². The van der Waals surface area contributed by atoms with Crippen LogP contribution in [0.25, 0.3) is 22.7 Å². The number of carbonyl (C=O) groups is 3. The molecule has 1 N–H and O–H groups in total. The number of hydrogen-bond donors (Lipinski definition) is 1. The topological polar surface area (TPSA) is 120 Å². The molecule has 9 nitrogen and oxygen atoms in total. The molecule has 9 heteroatoms. The Balaban J connectivity index is 2.21. The van der Waals surface area contributed by atoms with E-state index in [1.807, 2.05) is 24.4 Å². The summed E-state index contributed by atoms with van der Waals surface area (Å²) in [4.78, 5) is 44.8. The van der Waals surface area contributed by atoms with Crippen molar-refractivity contribution in [3.63, 3.8) is 0 Å². The molecule has 39 heavy (non-hydrogen) atoms. The van der Waals surface area contributed by atoms with Crippen LogP contribution in [0.4, 0.5) is 0 Å². The summed E-state index contributed by atoms with van der Waals surface area (Å²) in [5.41, 5.74) is 4.27. The molecule has 0 bridgehead atoms. The van der Waals surface area contributed by atoms with Crippen LogP contribution in [-0.2, 0) is 19.3 Å². The average molecular weight is 532 g/mol. The second-order valence-corrected chi connectivity index (χ2v) is 9.12. The first-order chi connectivity index (χ1) is 18.7. The van der Waals surface area contributed by atoms with Crippen LogP contribution in [0.2, 0.25) is 0 Å². The number of oxime groups is 2. The first-order valence-electron chi connectivity index (χ1n) is 12.8. The summed E-state index contributed by atoms with van der Waals surface area (Å²) >= 11 is 0. The Kier molecular flexibility index (Phi) is 9.92. The van der Waals surface area contributed by atoms with Gasteiger partial charge in [0, 0.05) is 36.6 Å². The van der Waals surface area contributed by atoms with E-state index in [0.717, 1.165) is 47.7 Å². The average Bonchev–Trinajstić information content (AvgIpc) is 3.29. The third-order valence-electron chi connectivity index (χ3n) is 6.14. The van der Waals surface area contributed by atoms with Gasteiger partial charge in [0.1, 0.15) is 0 Å². The molecule has 1 heterocycles. The zero-order valence-electron chi connectivity index (χ0n) is 22.7. The standard InChI is InChI=1S/C30H33N3O6/c1-6-8-9-10-11-27(32-39-21(5)35)26-18-33(28-14-12-22(7-2)16-24(26)28)29-15-13-23(17-25(29)30(36)37)19(3)31-38-20(4)34/h7,12-18H,2,6,8-11H2,1,3-5H3,(H,36,37)/b31-19+,32-27+. The van der Waals surface area contributed by atoms with Crippen molar-refractivity contribution in [2.75, 3.05) is 0 Å². The predicted molar refractivity (Wildman–Crippen MR) is 151 cm³/mol. The van der Waals surface area contributed by atoms with Crippen LogP contribution >= 0.6 is 0 Å². The van der Waals surface area contributed by atoms with E-state index in [2.05, 4.69) is 23.8 Å². The molecule has 0 aliphatic rings. The monoisotopic (exact) mass is 531 g/mol. The SMILES string of the molecule is C=Cc1ccc2c(c1)c(/C(CCCCCC)=N/OC(C)=O)cn2-c1ccc(/C(C)=N/OC(C)=O)cc1C(=O)O. The summed E-state index contributed by atoms with van der Waals surface area (Å²) in [5, 5.41) is 18.9. The van der Waals surface area contributed by atoms with Gasteiger partial charge in [-0.25, -0.2) is 14.4 Å². The van der Waals surface area contributed by atoms with Crippen molar-refractivity contribution in [1.29, 1.82) is 0 Å². The number of benzene rings is 2. The van der Waals surface area contributed by atoms with Gasteiger partial charge < -0.3 is 19.3 Å². The molecule has 0 saturated heterocycles. The van der Waals surface area contributed by atoms with Crippen LogP contribution < -0.4 is 0 Å². The van der Waals surface area contributed by atoms with Gasteiger partial charge in [-0.15, -0.1) is 0 Å². The van der Waals surface area contributed by atoms with Gasteiger partial charge >= 0.3 is 17.9 Å². The van der Waals surface area contributed by atoms with Crippen molar-refractivity contribution in [3.8, 4) is 5.69 Å². The van der Waals surface area contributed by atoms with E-state index in [-0.39, 0.29) is 5.56 Å². The van der Waals surface area contributed by atoms with Gasteiger partial charge in [0.15, 0.2) is 0 Å². The first kappa shape index (κ1) is 29.0. The third kappa shape index (κ3) is 7.28. The lowest BCUT2D eigenvalue weighted by atomic mass is 10.0. The second kappa shape index (κ2) is 13.3. The van der Waals surface area contributed by atoms with E-state index in [9.17, 15) is 19.5 Å². The lowest BCUT2D eigenvalue weighted by Crippen LogP contribution is -2.08. The molecule has 0 saturated carbocycles. The summed E-state index contributed by atoms with van der Waals surface area (Å²) in [6.07, 6.45) is 8.16. The van der Waals surface area contributed by atoms with Gasteiger partial charge in [-0.05, 0) is 49.6 Å². The number of hydrogen-bond acceptors (Lipinski definition) is 7. The Morgan fingerprint density at radius 3 is 2.31 bits per heavy atom. The van der Waals surface area contributed by atoms with Gasteiger partial charge in [0.05, 0.1) is 28.2 Å². The van der Waals surface area contributed by atoms with Gasteiger partial charge in [0.2, 0.25) is 0 Å². The lowest BCUT2D eigenvalue weighted by molar-refractivity contribution is -0.141. The Morgan fingerprint density at radius 2 is 1.67 bits per heavy atom. The molecular formula is C30H33N3O6. The van der Waals surface area contributed by atoms with E-state index in [1.54, 1.807) is 29.7 Å². The Morgan fingerprint density at radius 1 is 0.949 bits per heavy atom. The maximum atomic E-state index is 12.4. The number of carboxylic acids is 1. The summed E-state index contributed by atoms with van der Waals surface area (Å²) < 4.78 is 1.79. The largest absolute Gasteiger partial charge is 0.478 e. The van der Waals surface area contributed by atoms with Crippen molar-refractivity contribution >= 4 is 46.3 Å². The quantitative estimate of drug-likeness (QED) is 0.123. The predicted octanol–water partition coefficient (Wildman–Crippen LogP) is 6.50. The van der Waals surface area contributed by atoms with Gasteiger partial charge in [-0.3, -0.25) is 0 Å². The van der Waals surface area contributed by atoms with Gasteiger partial charge in [-0.2, -0.15) is 0 Å². The molecule has 3 aromatic rings. The number of aromatic carboxylic acids is 1. The van der Waals surface area contributed by atoms with Gasteiger partial charge in [-0.1, -0.05) is 61.3 Å². The summed E-state index contributed by atoms with van der Waals surface area (Å²) in [6, 6.07) is 10.6. The maximum Gasteiger partial charge on any atom is 0.337 e. The molecular weight excluding hydrogens is 498 g/mol. The number of nitrogens with zero attached hydrogens (tertiary/aromatic N) is 3. The molecule has 0 aliphatic heterocycles. The number of unbranched alkanes of at least 4 members (excludes halogenated alkanes) is 3. The second-order valence-electron chi connectivity index (χ2n) is 9.12. The van der Waals surface area contributed by atoms with E-state index in [4.69, 9.17) is 9.68 Å². The molecule has 204 valence electrons. The molecule has 3 rings (SSSR count). The number of fused-ring (bicyclic) bond motifs is 1. The fourth-order valence-electron chi connectivity index (χ4n) is 4.20. The third-order valence-corrected chi connectivity index (χ3v) is 6.14. The van der Waals surface area contributed by atoms with E-state index in [0.29, 0.717) is 29.1 Å². The number of rotatable bonds is 12. The molecule has 0 aliphatic carbocycles. The normalized spacial score (nSPS) is 11.9. The Labute approximate surface area is 227 Å². The summed E-state index contributed by atoms with van der Waals surface area (Å²) in [6.45, 7) is 10.2. The zero-order valence-corrected chi connectivity index (χ0v) is 22.7. The van der Waals surface area contributed by atoms with Crippen molar-refractivity contribution in [1.82, 2.24) is 4.57 Å². The van der Waals surface area contributed by atoms with E-state index < -0.39 is 17.9 Å². The Hall–Kier alpha value is -4.53. The molecule has 2 aromatic carbocycles. The highest BCUT2D eigenvalue weighted by Crippen LogP contribution is 2.30. The van der Waals surface area contributed by atoms with Crippen molar-refractivity contribution in [2.24, 2.45) is 10.3 Å².